The van der Waals surface area contributed by atoms with Crippen LogP contribution in [0.15, 0.2) is 42.5 Å². The van der Waals surface area contributed by atoms with Gasteiger partial charge in [-0.1, -0.05) is 36.4 Å². The summed E-state index contributed by atoms with van der Waals surface area (Å²) in [7, 11) is 0. The number of morpholine rings is 1. The first kappa shape index (κ1) is 15.1. The van der Waals surface area contributed by atoms with Crippen molar-refractivity contribution in [1.29, 1.82) is 0 Å². The Labute approximate surface area is 132 Å². The van der Waals surface area contributed by atoms with Gasteiger partial charge in [0.05, 0.1) is 19.3 Å². The summed E-state index contributed by atoms with van der Waals surface area (Å²) in [5.74, 6) is 0.387. The van der Waals surface area contributed by atoms with Gasteiger partial charge in [0, 0.05) is 18.7 Å². The predicted octanol–water partition coefficient (Wildman–Crippen LogP) is 3.43. The number of phenolic OH excluding ortho intramolecular Hbond substituents is 1. The molecule has 0 spiro atoms. The lowest BCUT2D eigenvalue weighted by Crippen LogP contribution is -2.39. The number of benzene rings is 2. The van der Waals surface area contributed by atoms with Gasteiger partial charge in [-0.2, -0.15) is 0 Å². The maximum atomic E-state index is 10.6. The molecular formula is C19H23NO2. The number of rotatable bonds is 3. The van der Waals surface area contributed by atoms with E-state index in [-0.39, 0.29) is 6.04 Å². The van der Waals surface area contributed by atoms with Crippen molar-refractivity contribution in [1.82, 2.24) is 4.90 Å². The van der Waals surface area contributed by atoms with Gasteiger partial charge >= 0.3 is 0 Å². The van der Waals surface area contributed by atoms with Crippen molar-refractivity contribution in [3.63, 3.8) is 0 Å². The summed E-state index contributed by atoms with van der Waals surface area (Å²) in [5, 5.41) is 10.6. The fourth-order valence-corrected chi connectivity index (χ4v) is 3.34. The van der Waals surface area contributed by atoms with E-state index in [1.54, 1.807) is 0 Å². The van der Waals surface area contributed by atoms with Crippen LogP contribution in [0.4, 0.5) is 0 Å². The normalized spacial score (nSPS) is 17.4. The zero-order valence-corrected chi connectivity index (χ0v) is 13.2. The standard InChI is InChI=1S/C19H23NO2/c1-14-12-15(2)18(17(21)13-14)19(16-6-4-3-5-7-16)20-8-10-22-11-9-20/h3-7,12-13,19,21H,8-11H2,1-2H3. The Morgan fingerprint density at radius 1 is 1.05 bits per heavy atom. The lowest BCUT2D eigenvalue weighted by Gasteiger charge is -2.36. The summed E-state index contributed by atoms with van der Waals surface area (Å²) >= 11 is 0. The highest BCUT2D eigenvalue weighted by Crippen LogP contribution is 2.37. The quantitative estimate of drug-likeness (QED) is 0.942. The Morgan fingerprint density at radius 2 is 1.73 bits per heavy atom. The largest absolute Gasteiger partial charge is 0.508 e. The Hall–Kier alpha value is -1.84. The molecule has 116 valence electrons. The van der Waals surface area contributed by atoms with E-state index in [9.17, 15) is 5.11 Å². The van der Waals surface area contributed by atoms with E-state index in [1.807, 2.05) is 19.1 Å². The van der Waals surface area contributed by atoms with E-state index < -0.39 is 0 Å². The van der Waals surface area contributed by atoms with E-state index >= 15 is 0 Å². The van der Waals surface area contributed by atoms with Crippen molar-refractivity contribution in [3.05, 3.63) is 64.7 Å². The van der Waals surface area contributed by atoms with Crippen LogP contribution in [-0.2, 0) is 4.74 Å². The molecule has 1 N–H and O–H groups in total. The molecule has 3 heteroatoms. The van der Waals surface area contributed by atoms with E-state index in [0.717, 1.165) is 43.0 Å². The molecule has 0 amide bonds. The van der Waals surface area contributed by atoms with Gasteiger partial charge in [0.2, 0.25) is 0 Å². The van der Waals surface area contributed by atoms with Crippen LogP contribution in [-0.4, -0.2) is 36.3 Å². The number of hydrogen-bond donors (Lipinski definition) is 1. The average Bonchev–Trinajstić information content (AvgIpc) is 2.52. The van der Waals surface area contributed by atoms with Crippen molar-refractivity contribution < 1.29 is 9.84 Å². The Balaban J connectivity index is 2.09. The Bertz CT molecular complexity index is 610. The lowest BCUT2D eigenvalue weighted by molar-refractivity contribution is 0.0234. The summed E-state index contributed by atoms with van der Waals surface area (Å²) in [5.41, 5.74) is 4.45. The van der Waals surface area contributed by atoms with Crippen LogP contribution < -0.4 is 0 Å². The smallest absolute Gasteiger partial charge is 0.121 e. The number of aryl methyl sites for hydroxylation is 2. The highest BCUT2D eigenvalue weighted by Gasteiger charge is 2.27. The summed E-state index contributed by atoms with van der Waals surface area (Å²) < 4.78 is 5.50. The molecule has 2 aromatic carbocycles. The molecule has 1 saturated heterocycles. The fourth-order valence-electron chi connectivity index (χ4n) is 3.34. The SMILES string of the molecule is Cc1cc(C)c(C(c2ccccc2)N2CCOCC2)c(O)c1. The zero-order chi connectivity index (χ0) is 15.5. The van der Waals surface area contributed by atoms with Gasteiger partial charge in [0.15, 0.2) is 0 Å². The molecule has 22 heavy (non-hydrogen) atoms. The number of ether oxygens (including phenoxy) is 1. The summed E-state index contributed by atoms with van der Waals surface area (Å²) in [4.78, 5) is 2.40. The fraction of sp³-hybridized carbons (Fsp3) is 0.368. The first-order valence-electron chi connectivity index (χ1n) is 7.83. The minimum atomic E-state index is 0.0747. The molecule has 1 fully saturated rings. The molecule has 0 aliphatic carbocycles. The number of hydrogen-bond acceptors (Lipinski definition) is 3. The molecule has 2 aromatic rings. The van der Waals surface area contributed by atoms with Crippen LogP contribution in [0, 0.1) is 13.8 Å². The number of phenols is 1. The highest BCUT2D eigenvalue weighted by atomic mass is 16.5. The second-order valence-corrected chi connectivity index (χ2v) is 5.98. The van der Waals surface area contributed by atoms with Gasteiger partial charge in [0.1, 0.15) is 5.75 Å². The van der Waals surface area contributed by atoms with Crippen molar-refractivity contribution >= 4 is 0 Å². The van der Waals surface area contributed by atoms with Crippen LogP contribution in [0.2, 0.25) is 0 Å². The predicted molar refractivity (Wildman–Crippen MR) is 88.3 cm³/mol. The maximum absolute atomic E-state index is 10.6. The molecule has 1 heterocycles. The summed E-state index contributed by atoms with van der Waals surface area (Å²) in [6.07, 6.45) is 0. The van der Waals surface area contributed by atoms with Crippen LogP contribution in [0.25, 0.3) is 0 Å². The van der Waals surface area contributed by atoms with Crippen LogP contribution in [0.1, 0.15) is 28.3 Å². The lowest BCUT2D eigenvalue weighted by atomic mass is 9.91. The van der Waals surface area contributed by atoms with E-state index in [4.69, 9.17) is 4.74 Å². The second-order valence-electron chi connectivity index (χ2n) is 5.98. The second kappa shape index (κ2) is 6.51. The number of nitrogens with zero attached hydrogens (tertiary/aromatic N) is 1. The van der Waals surface area contributed by atoms with E-state index in [1.165, 1.54) is 5.56 Å². The molecule has 3 rings (SSSR count). The number of aromatic hydroxyl groups is 1. The Kier molecular flexibility index (Phi) is 4.46. The van der Waals surface area contributed by atoms with Crippen molar-refractivity contribution in [3.8, 4) is 5.75 Å². The van der Waals surface area contributed by atoms with Crippen molar-refractivity contribution in [2.24, 2.45) is 0 Å². The third-order valence-corrected chi connectivity index (χ3v) is 4.31. The third kappa shape index (κ3) is 3.01. The van der Waals surface area contributed by atoms with Gasteiger partial charge in [-0.05, 0) is 36.6 Å². The van der Waals surface area contributed by atoms with Gasteiger partial charge in [-0.25, -0.2) is 0 Å². The monoisotopic (exact) mass is 297 g/mol. The first-order chi connectivity index (χ1) is 10.7. The Morgan fingerprint density at radius 3 is 2.36 bits per heavy atom. The summed E-state index contributed by atoms with van der Waals surface area (Å²) in [6.45, 7) is 7.35. The van der Waals surface area contributed by atoms with E-state index in [0.29, 0.717) is 5.75 Å². The summed E-state index contributed by atoms with van der Waals surface area (Å²) in [6, 6.07) is 14.5. The van der Waals surface area contributed by atoms with E-state index in [2.05, 4.69) is 42.2 Å². The van der Waals surface area contributed by atoms with Crippen LogP contribution >= 0.6 is 0 Å². The molecular weight excluding hydrogens is 274 g/mol. The molecule has 0 bridgehead atoms. The molecule has 1 atom stereocenters. The molecule has 1 aliphatic heterocycles. The minimum Gasteiger partial charge on any atom is -0.508 e. The molecule has 0 saturated carbocycles. The molecule has 0 aromatic heterocycles. The highest BCUT2D eigenvalue weighted by molar-refractivity contribution is 5.48. The topological polar surface area (TPSA) is 32.7 Å². The van der Waals surface area contributed by atoms with Crippen LogP contribution in [0.5, 0.6) is 5.75 Å². The van der Waals surface area contributed by atoms with Gasteiger partial charge in [0.25, 0.3) is 0 Å². The zero-order valence-electron chi connectivity index (χ0n) is 13.2. The average molecular weight is 297 g/mol. The van der Waals surface area contributed by atoms with Crippen molar-refractivity contribution in [2.45, 2.75) is 19.9 Å². The van der Waals surface area contributed by atoms with Gasteiger partial charge < -0.3 is 9.84 Å². The van der Waals surface area contributed by atoms with Crippen LogP contribution in [0.3, 0.4) is 0 Å². The molecule has 3 nitrogen and oxygen atoms in total. The van der Waals surface area contributed by atoms with Gasteiger partial charge in [-0.3, -0.25) is 4.90 Å². The first-order valence-corrected chi connectivity index (χ1v) is 7.83. The minimum absolute atomic E-state index is 0.0747. The maximum Gasteiger partial charge on any atom is 0.121 e. The molecule has 1 aliphatic rings. The third-order valence-electron chi connectivity index (χ3n) is 4.31. The molecule has 0 radical (unpaired) electrons. The van der Waals surface area contributed by atoms with Crippen molar-refractivity contribution in [2.75, 3.05) is 26.3 Å². The molecule has 1 unspecified atom stereocenters. The van der Waals surface area contributed by atoms with Gasteiger partial charge in [-0.15, -0.1) is 0 Å².